The fourth-order valence-electron chi connectivity index (χ4n) is 5.03. The molecule has 4 rings (SSSR count). The molecule has 2 aromatic rings. The Labute approximate surface area is 233 Å². The van der Waals surface area contributed by atoms with E-state index in [0.29, 0.717) is 62.7 Å². The minimum absolute atomic E-state index is 0.152. The van der Waals surface area contributed by atoms with E-state index in [0.717, 1.165) is 11.0 Å². The summed E-state index contributed by atoms with van der Waals surface area (Å²) in [5.41, 5.74) is 2.03. The number of ether oxygens (including phenoxy) is 3. The smallest absolute Gasteiger partial charge is 0.409 e. The summed E-state index contributed by atoms with van der Waals surface area (Å²) in [5, 5.41) is 8.22. The van der Waals surface area contributed by atoms with Crippen molar-refractivity contribution in [1.82, 2.24) is 9.88 Å². The van der Waals surface area contributed by atoms with Crippen LogP contribution in [0.4, 0.5) is 29.7 Å². The number of hydrogen-bond acceptors (Lipinski definition) is 7. The molecule has 3 heterocycles. The molecule has 1 aromatic heterocycles. The van der Waals surface area contributed by atoms with E-state index in [1.807, 2.05) is 12.5 Å². The number of anilines is 2. The standard InChI is InChI=1S/C27H32F2N5O5P/c1-15(30)18(14-40-5)19-10-20-16(12-31-19)13-33(25-23(28)21(37-2)11-22(38-3)24(25)29)26(35)34(20)17-6-8-32(9-7-17)27(36)39-4/h10-12,14,17,30,40H,6-9,13H2,1-5H3/b18-14+,30-15?. The number of aromatic nitrogens is 1. The number of likely N-dealkylation sites (tertiary alicyclic amines) is 1. The van der Waals surface area contributed by atoms with Crippen LogP contribution in [0, 0.1) is 17.0 Å². The lowest BCUT2D eigenvalue weighted by atomic mass is 9.98. The van der Waals surface area contributed by atoms with E-state index in [1.54, 1.807) is 24.1 Å². The SMILES string of the molecule is COC(=O)N1CCC(N2C(=O)N(c3c(F)c(OC)cc(OC)c3F)Cc3cnc(/C(=C/PC)C(C)=N)cc32)CC1. The highest BCUT2D eigenvalue weighted by Crippen LogP contribution is 2.42. The number of carbonyl (C=O) groups is 2. The second-order valence-electron chi connectivity index (χ2n) is 9.35. The molecule has 1 aromatic carbocycles. The molecule has 2 aliphatic rings. The van der Waals surface area contributed by atoms with E-state index < -0.39 is 29.4 Å². The topological polar surface area (TPSA) is 108 Å². The Morgan fingerprint density at radius 1 is 1.12 bits per heavy atom. The number of hydrogen-bond donors (Lipinski definition) is 1. The molecule has 10 nitrogen and oxygen atoms in total. The Morgan fingerprint density at radius 2 is 1.75 bits per heavy atom. The van der Waals surface area contributed by atoms with Gasteiger partial charge in [0, 0.05) is 48.2 Å². The van der Waals surface area contributed by atoms with Crippen molar-refractivity contribution in [2.45, 2.75) is 32.4 Å². The molecule has 40 heavy (non-hydrogen) atoms. The number of allylic oxidation sites excluding steroid dienone is 1. The Kier molecular flexibility index (Phi) is 8.88. The van der Waals surface area contributed by atoms with Crippen LogP contribution in [-0.2, 0) is 11.3 Å². The van der Waals surface area contributed by atoms with Crippen molar-refractivity contribution >= 4 is 43.4 Å². The van der Waals surface area contributed by atoms with E-state index in [9.17, 15) is 9.59 Å². The van der Waals surface area contributed by atoms with Crippen LogP contribution < -0.4 is 19.3 Å². The monoisotopic (exact) mass is 575 g/mol. The molecule has 1 atom stereocenters. The number of nitrogens with one attached hydrogen (secondary N) is 1. The van der Waals surface area contributed by atoms with Gasteiger partial charge in [-0.05, 0) is 32.5 Å². The number of benzene rings is 1. The Morgan fingerprint density at radius 3 is 2.27 bits per heavy atom. The summed E-state index contributed by atoms with van der Waals surface area (Å²) >= 11 is 0. The third-order valence-corrected chi connectivity index (χ3v) is 7.62. The molecule has 2 aliphatic heterocycles. The second kappa shape index (κ2) is 12.2. The van der Waals surface area contributed by atoms with Crippen LogP contribution >= 0.6 is 8.58 Å². The summed E-state index contributed by atoms with van der Waals surface area (Å²) in [5.74, 6) is -0.683. The third kappa shape index (κ3) is 5.32. The zero-order valence-corrected chi connectivity index (χ0v) is 24.0. The molecule has 214 valence electrons. The third-order valence-electron chi connectivity index (χ3n) is 7.04. The van der Waals surface area contributed by atoms with Gasteiger partial charge in [-0.2, -0.15) is 0 Å². The molecule has 0 aliphatic carbocycles. The number of piperidine rings is 1. The normalized spacial score (nSPS) is 16.4. The number of nitrogens with zero attached hydrogens (tertiary/aromatic N) is 4. The van der Waals surface area contributed by atoms with Gasteiger partial charge in [-0.3, -0.25) is 14.8 Å². The van der Waals surface area contributed by atoms with E-state index in [4.69, 9.17) is 19.6 Å². The fourth-order valence-corrected chi connectivity index (χ4v) is 5.68. The van der Waals surface area contributed by atoms with E-state index in [2.05, 4.69) is 4.98 Å². The first-order chi connectivity index (χ1) is 19.2. The van der Waals surface area contributed by atoms with Gasteiger partial charge in [0.1, 0.15) is 5.69 Å². The molecule has 3 amide bonds. The summed E-state index contributed by atoms with van der Waals surface area (Å²) in [4.78, 5) is 34.9. The summed E-state index contributed by atoms with van der Waals surface area (Å²) in [6, 6.07) is 1.82. The number of carbonyl (C=O) groups excluding carboxylic acids is 2. The average Bonchev–Trinajstić information content (AvgIpc) is 2.95. The fraction of sp³-hybridized carbons (Fsp3) is 0.407. The van der Waals surface area contributed by atoms with Crippen molar-refractivity contribution in [1.29, 1.82) is 5.41 Å². The van der Waals surface area contributed by atoms with Crippen LogP contribution in [0.25, 0.3) is 5.57 Å². The van der Waals surface area contributed by atoms with E-state index >= 15 is 8.78 Å². The quantitative estimate of drug-likeness (QED) is 0.357. The zero-order chi connectivity index (χ0) is 29.1. The van der Waals surface area contributed by atoms with Gasteiger partial charge in [0.2, 0.25) is 0 Å². The van der Waals surface area contributed by atoms with Crippen molar-refractivity contribution < 1.29 is 32.6 Å². The molecular formula is C27H32F2N5O5P. The van der Waals surface area contributed by atoms with Crippen molar-refractivity contribution in [3.8, 4) is 11.5 Å². The van der Waals surface area contributed by atoms with Gasteiger partial charge in [0.05, 0.1) is 39.3 Å². The maximum absolute atomic E-state index is 15.5. The summed E-state index contributed by atoms with van der Waals surface area (Å²) in [6.45, 7) is 4.18. The molecule has 0 radical (unpaired) electrons. The van der Waals surface area contributed by atoms with Gasteiger partial charge < -0.3 is 24.5 Å². The number of fused-ring (bicyclic) bond motifs is 1. The Bertz CT molecular complexity index is 1340. The minimum Gasteiger partial charge on any atom is -0.493 e. The Hall–Kier alpha value is -3.79. The number of methoxy groups -OCH3 is 3. The summed E-state index contributed by atoms with van der Waals surface area (Å²) in [6.07, 6.45) is 1.95. The lowest BCUT2D eigenvalue weighted by Crippen LogP contribution is -2.55. The van der Waals surface area contributed by atoms with Crippen molar-refractivity contribution in [2.75, 3.05) is 50.9 Å². The molecular weight excluding hydrogens is 543 g/mol. The first kappa shape index (κ1) is 29.2. The molecule has 1 fully saturated rings. The number of amides is 3. The number of rotatable bonds is 7. The average molecular weight is 576 g/mol. The molecule has 13 heteroatoms. The molecule has 0 bridgehead atoms. The maximum atomic E-state index is 15.5. The van der Waals surface area contributed by atoms with Crippen molar-refractivity contribution in [2.24, 2.45) is 0 Å². The highest BCUT2D eigenvalue weighted by Gasteiger charge is 2.41. The highest BCUT2D eigenvalue weighted by molar-refractivity contribution is 7.41. The molecule has 0 saturated carbocycles. The number of pyridine rings is 1. The van der Waals surface area contributed by atoms with E-state index in [-0.39, 0.29) is 24.1 Å². The molecule has 1 N–H and O–H groups in total. The van der Waals surface area contributed by atoms with Gasteiger partial charge in [-0.25, -0.2) is 18.4 Å². The summed E-state index contributed by atoms with van der Waals surface area (Å²) in [7, 11) is 4.23. The first-order valence-electron chi connectivity index (χ1n) is 12.6. The van der Waals surface area contributed by atoms with Crippen LogP contribution in [0.1, 0.15) is 31.0 Å². The second-order valence-corrected chi connectivity index (χ2v) is 10.2. The summed E-state index contributed by atoms with van der Waals surface area (Å²) < 4.78 is 46.1. The van der Waals surface area contributed by atoms with Crippen LogP contribution in [-0.4, -0.2) is 74.8 Å². The predicted molar refractivity (Wildman–Crippen MR) is 150 cm³/mol. The van der Waals surface area contributed by atoms with E-state index in [1.165, 1.54) is 26.2 Å². The Balaban J connectivity index is 1.85. The van der Waals surface area contributed by atoms with Gasteiger partial charge >= 0.3 is 12.1 Å². The molecule has 0 spiro atoms. The van der Waals surface area contributed by atoms with Crippen molar-refractivity contribution in [3.05, 3.63) is 47.0 Å². The maximum Gasteiger partial charge on any atom is 0.409 e. The lowest BCUT2D eigenvalue weighted by molar-refractivity contribution is 0.112. The lowest BCUT2D eigenvalue weighted by Gasteiger charge is -2.44. The van der Waals surface area contributed by atoms with Crippen LogP contribution in [0.15, 0.2) is 24.1 Å². The van der Waals surface area contributed by atoms with Gasteiger partial charge in [-0.15, -0.1) is 8.58 Å². The zero-order valence-electron chi connectivity index (χ0n) is 23.0. The van der Waals surface area contributed by atoms with Gasteiger partial charge in [-0.1, -0.05) is 5.82 Å². The van der Waals surface area contributed by atoms with Crippen molar-refractivity contribution in [3.63, 3.8) is 0 Å². The minimum atomic E-state index is -1.03. The molecule has 1 unspecified atom stereocenters. The van der Waals surface area contributed by atoms with Crippen LogP contribution in [0.2, 0.25) is 0 Å². The molecule has 1 saturated heterocycles. The predicted octanol–water partition coefficient (Wildman–Crippen LogP) is 5.24. The first-order valence-corrected chi connectivity index (χ1v) is 14.2. The number of urea groups is 1. The largest absolute Gasteiger partial charge is 0.493 e. The van der Waals surface area contributed by atoms with Gasteiger partial charge in [0.25, 0.3) is 0 Å². The highest BCUT2D eigenvalue weighted by atomic mass is 31.1. The van der Waals surface area contributed by atoms with Crippen LogP contribution in [0.5, 0.6) is 11.5 Å². The number of halogens is 2. The van der Waals surface area contributed by atoms with Crippen LogP contribution in [0.3, 0.4) is 0 Å². The van der Waals surface area contributed by atoms with Gasteiger partial charge in [0.15, 0.2) is 23.1 Å².